The van der Waals surface area contributed by atoms with Crippen molar-refractivity contribution in [3.63, 3.8) is 0 Å². The van der Waals surface area contributed by atoms with Crippen molar-refractivity contribution in [3.8, 4) is 0 Å². The Bertz CT molecular complexity index is 624. The summed E-state index contributed by atoms with van der Waals surface area (Å²) in [5.74, 6) is -0.672. The number of thiophene rings is 1. The largest absolute Gasteiger partial charge is 0.469 e. The van der Waals surface area contributed by atoms with E-state index in [1.807, 2.05) is 6.07 Å². The molecule has 1 aromatic rings. The lowest BCUT2D eigenvalue weighted by Crippen LogP contribution is -2.41. The van der Waals surface area contributed by atoms with E-state index in [-0.39, 0.29) is 18.7 Å². The maximum absolute atomic E-state index is 12.5. The molecule has 0 aromatic carbocycles. The van der Waals surface area contributed by atoms with Crippen LogP contribution in [0.25, 0.3) is 0 Å². The van der Waals surface area contributed by atoms with Crippen LogP contribution in [-0.4, -0.2) is 38.1 Å². The van der Waals surface area contributed by atoms with Gasteiger partial charge in [-0.15, -0.1) is 11.3 Å². The van der Waals surface area contributed by atoms with E-state index in [0.29, 0.717) is 10.8 Å². The van der Waals surface area contributed by atoms with Gasteiger partial charge in [0.15, 0.2) is 0 Å². The molecule has 0 saturated heterocycles. The molecule has 1 heterocycles. The number of fused-ring (bicyclic) bond motifs is 1. The number of amides is 1. The third kappa shape index (κ3) is 4.56. The highest BCUT2D eigenvalue weighted by Crippen LogP contribution is 2.32. The number of hydrogen-bond donors (Lipinski definition) is 1. The zero-order valence-corrected chi connectivity index (χ0v) is 15.0. The molecule has 1 N–H and O–H groups in total. The molecule has 132 valence electrons. The molecule has 0 fully saturated rings. The molecule has 1 amide bonds. The van der Waals surface area contributed by atoms with E-state index in [0.717, 1.165) is 19.3 Å². The normalized spacial score (nSPS) is 17.5. The van der Waals surface area contributed by atoms with Gasteiger partial charge in [-0.1, -0.05) is 6.92 Å². The summed E-state index contributed by atoms with van der Waals surface area (Å²) in [7, 11) is 2.54. The van der Waals surface area contributed by atoms with Gasteiger partial charge in [0, 0.05) is 11.3 Å². The quantitative estimate of drug-likeness (QED) is 0.792. The van der Waals surface area contributed by atoms with Crippen molar-refractivity contribution in [2.24, 2.45) is 5.92 Å². The molecule has 2 rings (SSSR count). The average Bonchev–Trinajstić information content (AvgIpc) is 3.00. The molecule has 6 nitrogen and oxygen atoms in total. The fraction of sp³-hybridized carbons (Fsp3) is 0.588. The Kier molecular flexibility index (Phi) is 6.36. The molecule has 0 bridgehead atoms. The van der Waals surface area contributed by atoms with Gasteiger partial charge in [-0.2, -0.15) is 0 Å². The van der Waals surface area contributed by atoms with Crippen LogP contribution in [0.3, 0.4) is 0 Å². The monoisotopic (exact) mass is 353 g/mol. The van der Waals surface area contributed by atoms with Crippen LogP contribution >= 0.6 is 11.3 Å². The SMILES string of the molecule is COC(=O)CC[C@H](NC(=O)c1cc2c(s1)CC[C@H](C)C2)C(=O)OC. The minimum Gasteiger partial charge on any atom is -0.469 e. The van der Waals surface area contributed by atoms with E-state index in [1.54, 1.807) is 0 Å². The van der Waals surface area contributed by atoms with Crippen molar-refractivity contribution >= 4 is 29.2 Å². The Morgan fingerprint density at radius 3 is 2.75 bits per heavy atom. The lowest BCUT2D eigenvalue weighted by Gasteiger charge is -2.16. The summed E-state index contributed by atoms with van der Waals surface area (Å²) < 4.78 is 9.28. The van der Waals surface area contributed by atoms with Gasteiger partial charge in [0.2, 0.25) is 0 Å². The van der Waals surface area contributed by atoms with Gasteiger partial charge >= 0.3 is 11.9 Å². The third-order valence-corrected chi connectivity index (χ3v) is 5.44. The summed E-state index contributed by atoms with van der Waals surface area (Å²) in [5, 5.41) is 2.67. The molecule has 1 aliphatic rings. The first-order valence-electron chi connectivity index (χ1n) is 8.01. The van der Waals surface area contributed by atoms with E-state index in [9.17, 15) is 14.4 Å². The highest BCUT2D eigenvalue weighted by atomic mass is 32.1. The van der Waals surface area contributed by atoms with Crippen LogP contribution in [0.1, 0.15) is 46.3 Å². The minimum atomic E-state index is -0.861. The zero-order valence-electron chi connectivity index (χ0n) is 14.2. The van der Waals surface area contributed by atoms with Gasteiger partial charge in [-0.05, 0) is 43.2 Å². The van der Waals surface area contributed by atoms with Crippen LogP contribution in [0.5, 0.6) is 0 Å². The summed E-state index contributed by atoms with van der Waals surface area (Å²) in [5.41, 5.74) is 1.23. The van der Waals surface area contributed by atoms with Crippen molar-refractivity contribution in [2.45, 2.75) is 45.1 Å². The number of methoxy groups -OCH3 is 2. The highest BCUT2D eigenvalue weighted by Gasteiger charge is 2.26. The van der Waals surface area contributed by atoms with Gasteiger partial charge in [0.05, 0.1) is 19.1 Å². The maximum Gasteiger partial charge on any atom is 0.328 e. The van der Waals surface area contributed by atoms with Crippen molar-refractivity contribution in [1.82, 2.24) is 5.32 Å². The molecule has 1 aliphatic carbocycles. The molecule has 7 heteroatoms. The number of aryl methyl sites for hydroxylation is 1. The summed E-state index contributed by atoms with van der Waals surface area (Å²) in [6.07, 6.45) is 3.31. The van der Waals surface area contributed by atoms with Crippen LogP contribution < -0.4 is 5.32 Å². The van der Waals surface area contributed by atoms with Gasteiger partial charge < -0.3 is 14.8 Å². The first-order valence-corrected chi connectivity index (χ1v) is 8.83. The topological polar surface area (TPSA) is 81.7 Å². The number of ether oxygens (including phenoxy) is 2. The molecule has 0 radical (unpaired) electrons. The number of esters is 2. The molecule has 0 aliphatic heterocycles. The highest BCUT2D eigenvalue weighted by molar-refractivity contribution is 7.14. The fourth-order valence-corrected chi connectivity index (χ4v) is 3.91. The van der Waals surface area contributed by atoms with Crippen molar-refractivity contribution in [3.05, 3.63) is 21.4 Å². The standard InChI is InChI=1S/C17H23NO5S/c1-10-4-6-13-11(8-10)9-14(24-13)16(20)18-12(17(21)23-3)5-7-15(19)22-2/h9-10,12H,4-8H2,1-3H3,(H,18,20)/t10-,12-/m0/s1. The minimum absolute atomic E-state index is 0.0367. The lowest BCUT2D eigenvalue weighted by atomic mass is 9.90. The van der Waals surface area contributed by atoms with Crippen LogP contribution in [0.15, 0.2) is 6.07 Å². The van der Waals surface area contributed by atoms with E-state index >= 15 is 0 Å². The molecule has 2 atom stereocenters. The van der Waals surface area contributed by atoms with Crippen molar-refractivity contribution in [1.29, 1.82) is 0 Å². The van der Waals surface area contributed by atoms with Crippen molar-refractivity contribution in [2.75, 3.05) is 14.2 Å². The molecule has 1 aromatic heterocycles. The second-order valence-electron chi connectivity index (χ2n) is 6.07. The smallest absolute Gasteiger partial charge is 0.328 e. The number of rotatable bonds is 6. The fourth-order valence-electron chi connectivity index (χ4n) is 2.80. The predicted molar refractivity (Wildman–Crippen MR) is 90.0 cm³/mol. The first-order chi connectivity index (χ1) is 11.4. The number of carbonyl (C=O) groups excluding carboxylic acids is 3. The predicted octanol–water partition coefficient (Wildman–Crippen LogP) is 2.10. The van der Waals surface area contributed by atoms with Crippen LogP contribution in [-0.2, 0) is 31.9 Å². The van der Waals surface area contributed by atoms with Crippen molar-refractivity contribution < 1.29 is 23.9 Å². The Hall–Kier alpha value is -1.89. The molecule has 0 unspecified atom stereocenters. The van der Waals surface area contributed by atoms with Gasteiger partial charge in [-0.3, -0.25) is 9.59 Å². The second kappa shape index (κ2) is 8.28. The lowest BCUT2D eigenvalue weighted by molar-refractivity contribution is -0.144. The summed E-state index contributed by atoms with van der Waals surface area (Å²) in [6.45, 7) is 2.21. The number of carbonyl (C=O) groups is 3. The molecule has 0 spiro atoms. The van der Waals surface area contributed by atoms with Gasteiger partial charge in [0.1, 0.15) is 6.04 Å². The number of nitrogens with one attached hydrogen (secondary N) is 1. The molecular weight excluding hydrogens is 330 g/mol. The Morgan fingerprint density at radius 1 is 1.33 bits per heavy atom. The Morgan fingerprint density at radius 2 is 2.08 bits per heavy atom. The Balaban J connectivity index is 2.04. The summed E-state index contributed by atoms with van der Waals surface area (Å²) in [6, 6.07) is 1.05. The van der Waals surface area contributed by atoms with Crippen LogP contribution in [0, 0.1) is 5.92 Å². The van der Waals surface area contributed by atoms with E-state index in [4.69, 9.17) is 4.74 Å². The van der Waals surface area contributed by atoms with E-state index in [2.05, 4.69) is 17.0 Å². The maximum atomic E-state index is 12.5. The van der Waals surface area contributed by atoms with Crippen LogP contribution in [0.4, 0.5) is 0 Å². The average molecular weight is 353 g/mol. The number of hydrogen-bond acceptors (Lipinski definition) is 6. The molecular formula is C17H23NO5S. The zero-order chi connectivity index (χ0) is 17.7. The van der Waals surface area contributed by atoms with Crippen LogP contribution in [0.2, 0.25) is 0 Å². The Labute approximate surface area is 145 Å². The molecule has 0 saturated carbocycles. The summed E-state index contributed by atoms with van der Waals surface area (Å²) in [4.78, 5) is 37.4. The van der Waals surface area contributed by atoms with E-state index in [1.165, 1.54) is 36.0 Å². The summed E-state index contributed by atoms with van der Waals surface area (Å²) >= 11 is 1.48. The van der Waals surface area contributed by atoms with Gasteiger partial charge in [0.25, 0.3) is 5.91 Å². The third-order valence-electron chi connectivity index (χ3n) is 4.21. The first kappa shape index (κ1) is 18.4. The second-order valence-corrected chi connectivity index (χ2v) is 7.21. The van der Waals surface area contributed by atoms with E-state index < -0.39 is 18.0 Å². The van der Waals surface area contributed by atoms with Gasteiger partial charge in [-0.25, -0.2) is 4.79 Å². The molecule has 24 heavy (non-hydrogen) atoms.